The minimum Gasteiger partial charge on any atom is -0.379 e. The topological polar surface area (TPSA) is 280 Å². The number of likely N-dealkylation sites (N-methyl/N-ethyl adjacent to an activating group) is 7. The van der Waals surface area contributed by atoms with Gasteiger partial charge in [0.2, 0.25) is 65.0 Å². The average molecular weight is 1270 g/mol. The summed E-state index contributed by atoms with van der Waals surface area (Å²) < 4.78 is 12.3. The monoisotopic (exact) mass is 1270 g/mol. The summed E-state index contributed by atoms with van der Waals surface area (Å²) in [6, 6.07) is -13.4. The molecule has 3 heterocycles. The smallest absolute Gasteiger partial charge is 0.248 e. The number of amides is 11. The predicted molar refractivity (Wildman–Crippen MR) is 343 cm³/mol. The number of methoxy groups -OCH3 is 1. The second-order valence-electron chi connectivity index (χ2n) is 27.4. The quantitative estimate of drug-likeness (QED) is 0.172. The first-order chi connectivity index (χ1) is 41.8. The van der Waals surface area contributed by atoms with E-state index in [-0.39, 0.29) is 49.5 Å². The number of carbonyl (C=O) groups is 11. The van der Waals surface area contributed by atoms with E-state index in [4.69, 9.17) is 9.47 Å². The number of nitrogens with one attached hydrogen (secondary N) is 4. The highest BCUT2D eigenvalue weighted by Gasteiger charge is 2.51. The molecule has 0 saturated carbocycles. The minimum atomic E-state index is -1.34. The second kappa shape index (κ2) is 34.5. The fourth-order valence-electron chi connectivity index (χ4n) is 12.4. The maximum absolute atomic E-state index is 15.2. The lowest BCUT2D eigenvalue weighted by atomic mass is 9.92. The Balaban J connectivity index is 2.33. The van der Waals surface area contributed by atoms with Gasteiger partial charge in [-0.2, -0.15) is 0 Å². The van der Waals surface area contributed by atoms with Gasteiger partial charge in [-0.25, -0.2) is 0 Å². The first kappa shape index (κ1) is 78.0. The minimum absolute atomic E-state index is 0.0204. The average Bonchev–Trinajstić information content (AvgIpc) is 1.54. The van der Waals surface area contributed by atoms with Crippen molar-refractivity contribution in [1.82, 2.24) is 60.5 Å². The second-order valence-corrected chi connectivity index (χ2v) is 27.4. The highest BCUT2D eigenvalue weighted by Crippen LogP contribution is 2.31. The molecule has 512 valence electrons. The van der Waals surface area contributed by atoms with Crippen molar-refractivity contribution in [2.75, 3.05) is 76.1 Å². The van der Waals surface area contributed by atoms with Crippen LogP contribution in [0.3, 0.4) is 0 Å². The fraction of sp³-hybridized carbons (Fsp3) is 0.800. The third kappa shape index (κ3) is 19.4. The summed E-state index contributed by atoms with van der Waals surface area (Å²) >= 11 is 0. The van der Waals surface area contributed by atoms with E-state index in [1.54, 1.807) is 34.8 Å². The van der Waals surface area contributed by atoms with Crippen LogP contribution in [0.25, 0.3) is 0 Å². The maximum atomic E-state index is 15.2. The van der Waals surface area contributed by atoms with Crippen LogP contribution in [-0.2, 0) is 62.2 Å². The molecule has 0 aromatic heterocycles. The van der Waals surface area contributed by atoms with E-state index in [1.807, 2.05) is 74.5 Å². The summed E-state index contributed by atoms with van der Waals surface area (Å²) in [7, 11) is 11.8. The number of fused-ring (bicyclic) bond motifs is 3. The first-order valence-electron chi connectivity index (χ1n) is 32.4. The number of hydrogen-bond acceptors (Lipinski definition) is 14. The van der Waals surface area contributed by atoms with Gasteiger partial charge in [0.15, 0.2) is 0 Å². The van der Waals surface area contributed by atoms with Gasteiger partial charge in [-0.1, -0.05) is 88.3 Å². The Hall–Kier alpha value is -6.21. The van der Waals surface area contributed by atoms with E-state index < -0.39 is 161 Å². The van der Waals surface area contributed by atoms with E-state index in [9.17, 15) is 28.8 Å². The van der Waals surface area contributed by atoms with Crippen molar-refractivity contribution in [3.63, 3.8) is 0 Å². The number of nitrogens with zero attached hydrogens (tertiary/aromatic N) is 8. The SMILES string of the molecule is C/C=C/C[C@@H](C)[C@H]1OC(C)[C@H]2C(=O)N(C)[C@@H]1C(=O)N[C@@H](CC)C(=O)N(C)[C@H](C)C(=O)N(C)[C@@H]([C@H](C)CN1CC(OC)C1)C(=O)N[C@@H](C(C)C)C(=O)N(C)[C@@H](CC(C)C)C(=O)N[C@@H](C)C(=O)N[C@H](C)C(=O)N(C)[C@@H](CC(C)C)C(=O)N(C)[C@@H](CC(C)C)C(=O)N2C. The Labute approximate surface area is 537 Å². The Kier molecular flexibility index (Phi) is 29.9. The molecule has 0 aromatic rings. The van der Waals surface area contributed by atoms with Gasteiger partial charge in [0.25, 0.3) is 0 Å². The van der Waals surface area contributed by atoms with Gasteiger partial charge in [-0.15, -0.1) is 0 Å². The van der Waals surface area contributed by atoms with Crippen molar-refractivity contribution in [2.24, 2.45) is 35.5 Å². The largest absolute Gasteiger partial charge is 0.379 e. The van der Waals surface area contributed by atoms with Crippen LogP contribution in [0.2, 0.25) is 0 Å². The molecule has 15 atom stereocenters. The highest BCUT2D eigenvalue weighted by atomic mass is 16.5. The van der Waals surface area contributed by atoms with Gasteiger partial charge in [0, 0.05) is 76.1 Å². The van der Waals surface area contributed by atoms with Crippen molar-refractivity contribution in [3.8, 4) is 0 Å². The van der Waals surface area contributed by atoms with Crippen LogP contribution in [0.5, 0.6) is 0 Å². The predicted octanol–water partition coefficient (Wildman–Crippen LogP) is 2.35. The molecule has 1 unspecified atom stereocenters. The molecule has 0 aromatic carbocycles. The van der Waals surface area contributed by atoms with Crippen molar-refractivity contribution < 1.29 is 62.2 Å². The zero-order valence-corrected chi connectivity index (χ0v) is 58.7. The number of carbonyl (C=O) groups excluding carboxylic acids is 11. The van der Waals surface area contributed by atoms with E-state index >= 15 is 24.0 Å². The molecule has 25 nitrogen and oxygen atoms in total. The van der Waals surface area contributed by atoms with Gasteiger partial charge >= 0.3 is 0 Å². The molecular formula is C65H114N12O13. The molecule has 0 aliphatic carbocycles. The molecule has 90 heavy (non-hydrogen) atoms. The maximum Gasteiger partial charge on any atom is 0.248 e. The standard InChI is InChI=1S/C65H114N12O13/c1-25-27-28-39(11)54-53-58(81)68-46(26-2)61(84)70(17)43(15)60(83)74(21)51(40(12)32-77-33-45(34-77)89-24)57(80)69-50(38(9)10)64(87)71(18)47(29-35(3)4)56(79)66-41(13)55(78)67-42(14)59(82)72(19)48(30-36(5)6)62(85)73(20)49(31-37(7)8)63(86)75(22)52(44(16)90-54)65(88)76(53)23/h25,27,35-54H,26,28-34H2,1-24H3,(H,66,79)(H,67,78)(H,68,81)(H,69,80)/b27-25+/t39-,40-,41+,42-,43-,44?,46+,47+,48+,49+,50+,51+,52+,53+,54-/m1/s1. The normalized spacial score (nSPS) is 30.2. The van der Waals surface area contributed by atoms with E-state index in [2.05, 4.69) is 26.2 Å². The third-order valence-corrected chi connectivity index (χ3v) is 18.3. The van der Waals surface area contributed by atoms with E-state index in [1.165, 1.54) is 104 Å². The van der Waals surface area contributed by atoms with Gasteiger partial charge < -0.3 is 65.0 Å². The van der Waals surface area contributed by atoms with Gasteiger partial charge in [-0.05, 0) is 102 Å². The number of ether oxygens (including phenoxy) is 2. The molecule has 25 heteroatoms. The molecule has 0 radical (unpaired) electrons. The zero-order valence-electron chi connectivity index (χ0n) is 58.7. The first-order valence-corrected chi connectivity index (χ1v) is 32.4. The zero-order chi connectivity index (χ0) is 68.8. The van der Waals surface area contributed by atoms with Crippen molar-refractivity contribution >= 4 is 65.0 Å². The van der Waals surface area contributed by atoms with E-state index in [0.29, 0.717) is 26.1 Å². The van der Waals surface area contributed by atoms with Crippen molar-refractivity contribution in [3.05, 3.63) is 12.2 Å². The molecule has 3 saturated heterocycles. The Morgan fingerprint density at radius 3 is 1.50 bits per heavy atom. The summed E-state index contributed by atoms with van der Waals surface area (Å²) in [6.45, 7) is 29.6. The Bertz CT molecular complexity index is 2540. The molecule has 3 aliphatic heterocycles. The van der Waals surface area contributed by atoms with Crippen LogP contribution < -0.4 is 21.3 Å². The fourth-order valence-corrected chi connectivity index (χ4v) is 12.4. The van der Waals surface area contributed by atoms with Crippen molar-refractivity contribution in [2.45, 2.75) is 228 Å². The molecule has 3 fully saturated rings. The van der Waals surface area contributed by atoms with Crippen LogP contribution in [0.1, 0.15) is 143 Å². The van der Waals surface area contributed by atoms with Crippen LogP contribution in [0.4, 0.5) is 0 Å². The van der Waals surface area contributed by atoms with Crippen LogP contribution in [-0.4, -0.2) is 265 Å². The summed E-state index contributed by atoms with van der Waals surface area (Å²) in [5.41, 5.74) is 0. The lowest BCUT2D eigenvalue weighted by Crippen LogP contribution is -2.63. The number of rotatable bonds is 15. The Morgan fingerprint density at radius 2 is 1.00 bits per heavy atom. The number of hydrogen-bond donors (Lipinski definition) is 4. The van der Waals surface area contributed by atoms with Gasteiger partial charge in [0.1, 0.15) is 66.5 Å². The van der Waals surface area contributed by atoms with Crippen LogP contribution in [0.15, 0.2) is 12.2 Å². The highest BCUT2D eigenvalue weighted by molar-refractivity contribution is 6.00. The van der Waals surface area contributed by atoms with Gasteiger partial charge in [0.05, 0.1) is 18.3 Å². The molecule has 3 rings (SSSR count). The van der Waals surface area contributed by atoms with Crippen LogP contribution >= 0.6 is 0 Å². The lowest BCUT2D eigenvalue weighted by Gasteiger charge is -2.43. The summed E-state index contributed by atoms with van der Waals surface area (Å²) in [5.74, 6) is -9.04. The van der Waals surface area contributed by atoms with Crippen LogP contribution in [0, 0.1) is 35.5 Å². The molecule has 2 bridgehead atoms. The molecule has 4 N–H and O–H groups in total. The summed E-state index contributed by atoms with van der Waals surface area (Å²) in [6.07, 6.45) is 2.71. The molecule has 11 amide bonds. The molecule has 0 spiro atoms. The number of likely N-dealkylation sites (tertiary alicyclic amines) is 1. The molecule has 3 aliphatic rings. The van der Waals surface area contributed by atoms with Crippen molar-refractivity contribution in [1.29, 1.82) is 0 Å². The Morgan fingerprint density at radius 1 is 0.511 bits per heavy atom. The molecular weight excluding hydrogens is 1160 g/mol. The summed E-state index contributed by atoms with van der Waals surface area (Å²) in [4.78, 5) is 174. The number of allylic oxidation sites excluding steroid dienone is 2. The lowest BCUT2D eigenvalue weighted by molar-refractivity contribution is -0.155. The third-order valence-electron chi connectivity index (χ3n) is 18.3. The van der Waals surface area contributed by atoms with E-state index in [0.717, 1.165) is 0 Å². The van der Waals surface area contributed by atoms with Gasteiger partial charge in [-0.3, -0.25) is 57.6 Å². The summed E-state index contributed by atoms with van der Waals surface area (Å²) in [5, 5.41) is 11.3.